The molecule has 1 amide bonds. The number of ketones is 2. The largest absolute Gasteiger partial charge is 0.359 e. The molecule has 5 heteroatoms. The Balaban J connectivity index is 1.60. The summed E-state index contributed by atoms with van der Waals surface area (Å²) in [5, 5.41) is 12.7. The van der Waals surface area contributed by atoms with Crippen molar-refractivity contribution in [1.82, 2.24) is 5.32 Å². The number of rotatable bonds is 3. The fourth-order valence-corrected chi connectivity index (χ4v) is 10.3. The molecular formula is C33H46N2O3. The van der Waals surface area contributed by atoms with E-state index in [1.807, 2.05) is 26.0 Å². The summed E-state index contributed by atoms with van der Waals surface area (Å²) in [4.78, 5) is 39.8. The lowest BCUT2D eigenvalue weighted by Crippen LogP contribution is -2.60. The van der Waals surface area contributed by atoms with Gasteiger partial charge in [0, 0.05) is 30.2 Å². The van der Waals surface area contributed by atoms with Gasteiger partial charge in [0.05, 0.1) is 5.57 Å². The molecule has 5 nitrogen and oxygen atoms in total. The predicted octanol–water partition coefficient (Wildman–Crippen LogP) is 6.34. The Hall–Kier alpha value is -2.22. The highest BCUT2D eigenvalue weighted by atomic mass is 16.1. The number of nitrogens with zero attached hydrogens (tertiary/aromatic N) is 1. The zero-order valence-corrected chi connectivity index (χ0v) is 24.5. The molecule has 3 saturated carbocycles. The number of amides is 1. The number of carbonyl (C=O) groups is 3. The lowest BCUT2D eigenvalue weighted by atomic mass is 9.38. The molecule has 0 bridgehead atoms. The molecule has 5 aliphatic carbocycles. The second kappa shape index (κ2) is 8.64. The number of hydrogen-bond acceptors (Lipinski definition) is 4. The van der Waals surface area contributed by atoms with Crippen molar-refractivity contribution < 1.29 is 14.4 Å². The second-order valence-corrected chi connectivity index (χ2v) is 15.2. The predicted molar refractivity (Wildman–Crippen MR) is 148 cm³/mol. The Kier molecular flexibility index (Phi) is 6.22. The van der Waals surface area contributed by atoms with Gasteiger partial charge in [-0.05, 0) is 91.4 Å². The van der Waals surface area contributed by atoms with Gasteiger partial charge in [-0.2, -0.15) is 5.26 Å². The first-order valence-corrected chi connectivity index (χ1v) is 14.8. The van der Waals surface area contributed by atoms with Gasteiger partial charge in [0.2, 0.25) is 5.91 Å². The van der Waals surface area contributed by atoms with E-state index >= 15 is 0 Å². The minimum absolute atomic E-state index is 0.0143. The zero-order chi connectivity index (χ0) is 27.9. The summed E-state index contributed by atoms with van der Waals surface area (Å²) < 4.78 is 0. The summed E-state index contributed by atoms with van der Waals surface area (Å²) in [5.74, 6) is 0.894. The van der Waals surface area contributed by atoms with Gasteiger partial charge in [0.25, 0.3) is 0 Å². The van der Waals surface area contributed by atoms with Crippen LogP contribution in [-0.2, 0) is 14.4 Å². The fraction of sp³-hybridized carbons (Fsp3) is 0.758. The van der Waals surface area contributed by atoms with E-state index in [2.05, 4.69) is 39.1 Å². The molecule has 7 unspecified atom stereocenters. The van der Waals surface area contributed by atoms with Gasteiger partial charge in [-0.1, -0.05) is 53.2 Å². The van der Waals surface area contributed by atoms with E-state index in [4.69, 9.17) is 0 Å². The molecule has 1 N–H and O–H groups in total. The van der Waals surface area contributed by atoms with E-state index in [1.165, 1.54) is 0 Å². The van der Waals surface area contributed by atoms with Crippen LogP contribution in [0.25, 0.3) is 0 Å². The average molecular weight is 519 g/mol. The monoisotopic (exact) mass is 518 g/mol. The Bertz CT molecular complexity index is 1190. The Labute approximate surface area is 228 Å². The van der Waals surface area contributed by atoms with Crippen molar-refractivity contribution in [3.63, 3.8) is 0 Å². The van der Waals surface area contributed by atoms with E-state index < -0.39 is 10.8 Å². The van der Waals surface area contributed by atoms with Crippen molar-refractivity contribution in [2.24, 2.45) is 50.7 Å². The number of hydrogen-bond donors (Lipinski definition) is 1. The summed E-state index contributed by atoms with van der Waals surface area (Å²) >= 11 is 0. The van der Waals surface area contributed by atoms with Crippen molar-refractivity contribution in [3.8, 4) is 6.07 Å². The van der Waals surface area contributed by atoms with Crippen LogP contribution in [0.3, 0.4) is 0 Å². The van der Waals surface area contributed by atoms with Crippen LogP contribution < -0.4 is 5.32 Å². The molecule has 0 spiro atoms. The highest BCUT2D eigenvalue weighted by molar-refractivity contribution is 6.04. The lowest BCUT2D eigenvalue weighted by Gasteiger charge is -2.65. The Morgan fingerprint density at radius 3 is 2.39 bits per heavy atom. The lowest BCUT2D eigenvalue weighted by molar-refractivity contribution is -0.149. The van der Waals surface area contributed by atoms with Gasteiger partial charge in [-0.3, -0.25) is 14.4 Å². The minimum Gasteiger partial charge on any atom is -0.359 e. The first kappa shape index (κ1) is 27.4. The van der Waals surface area contributed by atoms with Gasteiger partial charge >= 0.3 is 0 Å². The van der Waals surface area contributed by atoms with E-state index in [1.54, 1.807) is 7.05 Å². The van der Waals surface area contributed by atoms with Crippen molar-refractivity contribution in [1.29, 1.82) is 5.26 Å². The Morgan fingerprint density at radius 2 is 1.74 bits per heavy atom. The molecule has 5 aliphatic rings. The number of Topliss-reactive ketones (excluding diaryl/α,β-unsaturated/α-hetero) is 1. The molecule has 0 aliphatic heterocycles. The van der Waals surface area contributed by atoms with Crippen LogP contribution in [0.4, 0.5) is 0 Å². The highest BCUT2D eigenvalue weighted by Gasteiger charge is 2.65. The standard InChI is InChI=1S/C33H46N2O3/c1-29(2)14-15-33(13-10-26(37)35-7)12-8-21-27(22(33)18-29)23(36)16-25-31(21,5)11-9-24-30(3,4)28(38)20(19-34)17-32(24,25)6/h16-17,21-22,24,27H,8-15,18H2,1-7H3,(H,35,37). The molecule has 0 aromatic heterocycles. The van der Waals surface area contributed by atoms with Gasteiger partial charge in [-0.25, -0.2) is 0 Å². The van der Waals surface area contributed by atoms with Crippen molar-refractivity contribution in [2.45, 2.75) is 99.3 Å². The summed E-state index contributed by atoms with van der Waals surface area (Å²) in [5.41, 5.74) is 0.408. The fourth-order valence-electron chi connectivity index (χ4n) is 10.3. The Morgan fingerprint density at radius 1 is 1.03 bits per heavy atom. The topological polar surface area (TPSA) is 87.0 Å². The molecule has 3 fully saturated rings. The van der Waals surface area contributed by atoms with Gasteiger partial charge < -0.3 is 5.32 Å². The quantitative estimate of drug-likeness (QED) is 0.472. The molecule has 0 radical (unpaired) electrons. The molecule has 0 saturated heterocycles. The molecular weight excluding hydrogens is 472 g/mol. The van der Waals surface area contributed by atoms with Gasteiger partial charge in [0.1, 0.15) is 6.07 Å². The molecule has 0 aromatic rings. The number of fused-ring (bicyclic) bond motifs is 7. The summed E-state index contributed by atoms with van der Waals surface area (Å²) in [7, 11) is 1.71. The molecule has 0 aromatic carbocycles. The molecule has 206 valence electrons. The molecule has 0 heterocycles. The van der Waals surface area contributed by atoms with Crippen LogP contribution in [0, 0.1) is 62.1 Å². The maximum atomic E-state index is 14.3. The van der Waals surface area contributed by atoms with Crippen LogP contribution in [0.1, 0.15) is 99.3 Å². The average Bonchev–Trinajstić information content (AvgIpc) is 2.85. The molecule has 5 rings (SSSR count). The van der Waals surface area contributed by atoms with Crippen molar-refractivity contribution in [3.05, 3.63) is 23.3 Å². The number of nitriles is 1. The number of nitrogens with one attached hydrogen (secondary N) is 1. The van der Waals surface area contributed by atoms with Crippen LogP contribution in [-0.4, -0.2) is 24.5 Å². The first-order valence-electron chi connectivity index (χ1n) is 14.8. The van der Waals surface area contributed by atoms with Crippen LogP contribution in [0.2, 0.25) is 0 Å². The van der Waals surface area contributed by atoms with E-state index in [9.17, 15) is 19.6 Å². The highest BCUT2D eigenvalue weighted by Crippen LogP contribution is 2.71. The van der Waals surface area contributed by atoms with E-state index in [-0.39, 0.29) is 63.0 Å². The maximum absolute atomic E-state index is 14.3. The summed E-state index contributed by atoms with van der Waals surface area (Å²) in [6.07, 6.45) is 12.5. The van der Waals surface area contributed by atoms with Crippen LogP contribution in [0.5, 0.6) is 0 Å². The first-order chi connectivity index (χ1) is 17.6. The van der Waals surface area contributed by atoms with E-state index in [0.29, 0.717) is 6.42 Å². The van der Waals surface area contributed by atoms with Crippen molar-refractivity contribution >= 4 is 17.5 Å². The third kappa shape index (κ3) is 3.72. The SMILES string of the molecule is CNC(=O)CCC12CCC3C(C(=O)C=C4C5(C)C=C(C#N)C(=O)C(C)(C)C5CCC43C)C1CC(C)(C)CC2. The third-order valence-electron chi connectivity index (χ3n) is 12.4. The number of allylic oxidation sites excluding steroid dienone is 4. The zero-order valence-electron chi connectivity index (χ0n) is 24.5. The summed E-state index contributed by atoms with van der Waals surface area (Å²) in [6.45, 7) is 13.2. The smallest absolute Gasteiger partial charge is 0.219 e. The summed E-state index contributed by atoms with van der Waals surface area (Å²) in [6, 6.07) is 2.19. The molecule has 38 heavy (non-hydrogen) atoms. The minimum atomic E-state index is -0.633. The van der Waals surface area contributed by atoms with Crippen molar-refractivity contribution in [2.75, 3.05) is 7.05 Å². The van der Waals surface area contributed by atoms with Crippen LogP contribution in [0.15, 0.2) is 23.3 Å². The maximum Gasteiger partial charge on any atom is 0.219 e. The van der Waals surface area contributed by atoms with Gasteiger partial charge in [0.15, 0.2) is 11.6 Å². The molecule has 7 atom stereocenters. The third-order valence-corrected chi connectivity index (χ3v) is 12.4. The van der Waals surface area contributed by atoms with Gasteiger partial charge in [-0.15, -0.1) is 0 Å². The van der Waals surface area contributed by atoms with E-state index in [0.717, 1.165) is 56.9 Å². The second-order valence-electron chi connectivity index (χ2n) is 15.2. The normalized spacial score (nSPS) is 42.8. The number of carbonyl (C=O) groups excluding carboxylic acids is 3. The van der Waals surface area contributed by atoms with Crippen LogP contribution >= 0.6 is 0 Å².